The lowest BCUT2D eigenvalue weighted by Gasteiger charge is -2.34. The van der Waals surface area contributed by atoms with Crippen LogP contribution < -0.4 is 15.0 Å². The van der Waals surface area contributed by atoms with Gasteiger partial charge in [0.25, 0.3) is 0 Å². The number of phenolic OH excluding ortho intramolecular Hbond substituents is 1. The van der Waals surface area contributed by atoms with E-state index in [4.69, 9.17) is 9.47 Å². The molecule has 1 heterocycles. The number of fused-ring (bicyclic) bond motifs is 1. The lowest BCUT2D eigenvalue weighted by atomic mass is 9.78. The van der Waals surface area contributed by atoms with Crippen molar-refractivity contribution in [3.63, 3.8) is 0 Å². The molecule has 6 rings (SSSR count). The van der Waals surface area contributed by atoms with Gasteiger partial charge >= 0.3 is 5.97 Å². The molecule has 1 atom stereocenters. The van der Waals surface area contributed by atoms with Gasteiger partial charge in [-0.1, -0.05) is 66.2 Å². The zero-order chi connectivity index (χ0) is 30.1. The molecule has 0 saturated carbocycles. The summed E-state index contributed by atoms with van der Waals surface area (Å²) in [6, 6.07) is 34.9. The van der Waals surface area contributed by atoms with Crippen LogP contribution in [-0.4, -0.2) is 24.7 Å². The number of nitrogens with one attached hydrogen (secondary N) is 1. The zero-order valence-corrected chi connectivity index (χ0v) is 24.7. The number of rotatable bonds is 8. The molecule has 6 heteroatoms. The van der Waals surface area contributed by atoms with Crippen LogP contribution in [-0.2, 0) is 10.3 Å². The molecule has 2 N–H and O–H groups in total. The fraction of sp³-hybridized carbons (Fsp3) is 0.162. The molecule has 1 aliphatic heterocycles. The molecule has 5 aromatic carbocycles. The minimum atomic E-state index is -1.48. The van der Waals surface area contributed by atoms with Crippen LogP contribution in [0.2, 0.25) is 0 Å². The van der Waals surface area contributed by atoms with Crippen molar-refractivity contribution < 1.29 is 19.4 Å². The number of hydrogen-bond acceptors (Lipinski definition) is 6. The first-order valence-corrected chi connectivity index (χ1v) is 14.4. The number of aromatic hydroxyl groups is 1. The number of esters is 1. The summed E-state index contributed by atoms with van der Waals surface area (Å²) in [5.41, 5.74) is 6.05. The first-order valence-electron chi connectivity index (χ1n) is 14.4. The van der Waals surface area contributed by atoms with Crippen molar-refractivity contribution in [2.45, 2.75) is 26.4 Å². The van der Waals surface area contributed by atoms with Crippen molar-refractivity contribution in [3.05, 3.63) is 143 Å². The fourth-order valence-corrected chi connectivity index (χ4v) is 5.95. The maximum absolute atomic E-state index is 13.5. The van der Waals surface area contributed by atoms with Gasteiger partial charge in [0.1, 0.15) is 11.5 Å². The van der Waals surface area contributed by atoms with Crippen molar-refractivity contribution in [3.8, 4) is 11.5 Å². The first-order chi connectivity index (χ1) is 20.9. The van der Waals surface area contributed by atoms with Crippen molar-refractivity contribution in [1.29, 1.82) is 0 Å². The number of nitrogens with zero attached hydrogens (tertiary/aromatic N) is 1. The Morgan fingerprint density at radius 1 is 0.837 bits per heavy atom. The zero-order valence-electron chi connectivity index (χ0n) is 24.7. The lowest BCUT2D eigenvalue weighted by molar-refractivity contribution is 0.0239. The third-order valence-corrected chi connectivity index (χ3v) is 8.10. The van der Waals surface area contributed by atoms with Gasteiger partial charge in [0, 0.05) is 40.3 Å². The van der Waals surface area contributed by atoms with Crippen LogP contribution in [0.5, 0.6) is 11.5 Å². The Bertz CT molecular complexity index is 1800. The lowest BCUT2D eigenvalue weighted by Crippen LogP contribution is -2.31. The number of para-hydroxylation sites is 2. The van der Waals surface area contributed by atoms with Gasteiger partial charge in [-0.05, 0) is 74.9 Å². The van der Waals surface area contributed by atoms with Gasteiger partial charge in [-0.2, -0.15) is 0 Å². The van der Waals surface area contributed by atoms with Crippen LogP contribution in [0.3, 0.4) is 0 Å². The van der Waals surface area contributed by atoms with Gasteiger partial charge in [0.15, 0.2) is 5.60 Å². The molecule has 0 spiro atoms. The Kier molecular flexibility index (Phi) is 7.28. The second-order valence-electron chi connectivity index (χ2n) is 10.7. The summed E-state index contributed by atoms with van der Waals surface area (Å²) in [5.74, 6) is 0.0948. The second-order valence-corrected chi connectivity index (χ2v) is 10.7. The third kappa shape index (κ3) is 4.75. The normalized spacial score (nSPS) is 15.5. The van der Waals surface area contributed by atoms with Gasteiger partial charge in [0.2, 0.25) is 0 Å². The molecule has 0 aliphatic carbocycles. The maximum Gasteiger partial charge on any atom is 0.340 e. The number of ether oxygens (including phenoxy) is 2. The maximum atomic E-state index is 13.5. The first kappa shape index (κ1) is 27.9. The van der Waals surface area contributed by atoms with Crippen molar-refractivity contribution in [1.82, 2.24) is 0 Å². The van der Waals surface area contributed by atoms with Crippen LogP contribution in [0.25, 0.3) is 0 Å². The Hall–Kier alpha value is -5.23. The fourth-order valence-electron chi connectivity index (χ4n) is 5.95. The van der Waals surface area contributed by atoms with Gasteiger partial charge in [-0.3, -0.25) is 0 Å². The predicted octanol–water partition coefficient (Wildman–Crippen LogP) is 8.38. The molecule has 43 heavy (non-hydrogen) atoms. The van der Waals surface area contributed by atoms with E-state index in [1.807, 2.05) is 129 Å². The van der Waals surface area contributed by atoms with Crippen LogP contribution in [0.1, 0.15) is 45.1 Å². The molecule has 5 aromatic rings. The molecule has 0 aromatic heterocycles. The summed E-state index contributed by atoms with van der Waals surface area (Å²) in [5, 5.41) is 15.6. The Labute approximate surface area is 252 Å². The van der Waals surface area contributed by atoms with Crippen LogP contribution in [0, 0.1) is 13.8 Å². The molecule has 1 unspecified atom stereocenters. The molecule has 0 amide bonds. The summed E-state index contributed by atoms with van der Waals surface area (Å²) < 4.78 is 12.4. The second kappa shape index (κ2) is 11.2. The largest absolute Gasteiger partial charge is 0.505 e. The summed E-state index contributed by atoms with van der Waals surface area (Å²) in [4.78, 5) is 15.6. The van der Waals surface area contributed by atoms with E-state index in [1.54, 1.807) is 13.2 Å². The highest BCUT2D eigenvalue weighted by Crippen LogP contribution is 2.54. The number of carbonyl (C=O) groups excluding carboxylic acids is 1. The molecular formula is C37H34N2O4. The number of benzene rings is 5. The number of phenols is 1. The molecule has 0 bridgehead atoms. The standard InChI is InChI=1S/C37H34N2O4/c1-5-39(27-20-18-24(2)19-21-27)33-17-11-16-30(35(33)40)37(29-15-10-9-14-28(29)36(41)43-37)31-23-32(25(3)22-34(31)42-4)38-26-12-7-6-8-13-26/h6-23,38,40H,5H2,1-4H3. The quantitative estimate of drug-likeness (QED) is 0.183. The van der Waals surface area contributed by atoms with Gasteiger partial charge in [0.05, 0.1) is 18.4 Å². The Morgan fingerprint density at radius 3 is 2.26 bits per heavy atom. The molecule has 0 fully saturated rings. The topological polar surface area (TPSA) is 71.0 Å². The Balaban J connectivity index is 1.61. The Morgan fingerprint density at radius 2 is 1.53 bits per heavy atom. The number of cyclic esters (lactones) is 1. The monoisotopic (exact) mass is 570 g/mol. The number of methoxy groups -OCH3 is 1. The highest BCUT2D eigenvalue weighted by atomic mass is 16.6. The SMILES string of the molecule is CCN(c1ccc(C)cc1)c1cccc(C2(c3cc(Nc4ccccc4)c(C)cc3OC)OC(=O)c3ccccc32)c1O. The molecule has 0 saturated heterocycles. The van der Waals surface area contributed by atoms with Crippen LogP contribution in [0.15, 0.2) is 109 Å². The summed E-state index contributed by atoms with van der Waals surface area (Å²) in [6.07, 6.45) is 0. The van der Waals surface area contributed by atoms with E-state index in [9.17, 15) is 9.90 Å². The minimum absolute atomic E-state index is 0.0228. The van der Waals surface area contributed by atoms with E-state index >= 15 is 0 Å². The van der Waals surface area contributed by atoms with Gasteiger partial charge in [-0.15, -0.1) is 0 Å². The van der Waals surface area contributed by atoms with Gasteiger partial charge < -0.3 is 24.8 Å². The number of anilines is 4. The van der Waals surface area contributed by atoms with E-state index in [2.05, 4.69) is 5.32 Å². The molecule has 216 valence electrons. The molecule has 1 aliphatic rings. The van der Waals surface area contributed by atoms with E-state index in [0.717, 1.165) is 28.2 Å². The van der Waals surface area contributed by atoms with E-state index in [0.29, 0.717) is 40.2 Å². The van der Waals surface area contributed by atoms with Crippen LogP contribution in [0.4, 0.5) is 22.7 Å². The predicted molar refractivity (Wildman–Crippen MR) is 171 cm³/mol. The van der Waals surface area contributed by atoms with E-state index in [-0.39, 0.29) is 5.75 Å². The third-order valence-electron chi connectivity index (χ3n) is 8.10. The summed E-state index contributed by atoms with van der Waals surface area (Å²) in [6.45, 7) is 6.70. The average Bonchev–Trinajstić information content (AvgIpc) is 3.33. The molecular weight excluding hydrogens is 536 g/mol. The minimum Gasteiger partial charge on any atom is -0.505 e. The van der Waals surface area contributed by atoms with E-state index < -0.39 is 11.6 Å². The van der Waals surface area contributed by atoms with Crippen molar-refractivity contribution in [2.24, 2.45) is 0 Å². The van der Waals surface area contributed by atoms with Crippen molar-refractivity contribution >= 4 is 28.7 Å². The molecule has 0 radical (unpaired) electrons. The average molecular weight is 571 g/mol. The number of aryl methyl sites for hydroxylation is 2. The summed E-state index contributed by atoms with van der Waals surface area (Å²) >= 11 is 0. The highest BCUT2D eigenvalue weighted by molar-refractivity contribution is 5.97. The van der Waals surface area contributed by atoms with E-state index in [1.165, 1.54) is 0 Å². The van der Waals surface area contributed by atoms with Crippen LogP contribution >= 0.6 is 0 Å². The summed E-state index contributed by atoms with van der Waals surface area (Å²) in [7, 11) is 1.60. The number of carbonyl (C=O) groups is 1. The highest BCUT2D eigenvalue weighted by Gasteiger charge is 2.52. The smallest absolute Gasteiger partial charge is 0.340 e. The number of hydrogen-bond donors (Lipinski definition) is 2. The van der Waals surface area contributed by atoms with Gasteiger partial charge in [-0.25, -0.2) is 4.79 Å². The van der Waals surface area contributed by atoms with Crippen molar-refractivity contribution in [2.75, 3.05) is 23.9 Å². The molecule has 6 nitrogen and oxygen atoms in total.